The van der Waals surface area contributed by atoms with Gasteiger partial charge in [0.25, 0.3) is 0 Å². The van der Waals surface area contributed by atoms with Crippen LogP contribution in [0.15, 0.2) is 60.7 Å². The van der Waals surface area contributed by atoms with Crippen molar-refractivity contribution in [3.05, 3.63) is 71.8 Å². The smallest absolute Gasteiger partial charge is 0.130 e. The van der Waals surface area contributed by atoms with E-state index in [1.807, 2.05) is 30.3 Å². The molecule has 0 unspecified atom stereocenters. The van der Waals surface area contributed by atoms with Crippen molar-refractivity contribution in [2.45, 2.75) is 6.54 Å². The number of aromatic nitrogens is 1. The Morgan fingerprint density at radius 2 is 1.64 bits per heavy atom. The minimum absolute atomic E-state index is 0.701. The fourth-order valence-corrected chi connectivity index (χ4v) is 3.39. The van der Waals surface area contributed by atoms with Crippen LogP contribution in [0, 0.1) is 11.3 Å². The Kier molecular flexibility index (Phi) is 4.32. The highest BCUT2D eigenvalue weighted by atomic mass is 15.3. The molecule has 1 fully saturated rings. The average molecular weight is 328 g/mol. The van der Waals surface area contributed by atoms with Gasteiger partial charge in [-0.15, -0.1) is 0 Å². The molecule has 3 aromatic rings. The SMILES string of the molecule is N#Cc1cc(N2CCN(Cc3ccccc3)CC2)nc2ccccc12. The van der Waals surface area contributed by atoms with E-state index in [1.54, 1.807) is 0 Å². The summed E-state index contributed by atoms with van der Waals surface area (Å²) in [5.74, 6) is 0.912. The van der Waals surface area contributed by atoms with Gasteiger partial charge in [-0.25, -0.2) is 4.98 Å². The van der Waals surface area contributed by atoms with Crippen molar-refractivity contribution >= 4 is 16.7 Å². The zero-order chi connectivity index (χ0) is 17.1. The summed E-state index contributed by atoms with van der Waals surface area (Å²) in [5, 5.41) is 10.4. The highest BCUT2D eigenvalue weighted by Gasteiger charge is 2.19. The van der Waals surface area contributed by atoms with E-state index in [0.717, 1.165) is 49.4 Å². The first-order chi connectivity index (χ1) is 12.3. The van der Waals surface area contributed by atoms with Gasteiger partial charge in [0.2, 0.25) is 0 Å². The molecule has 1 saturated heterocycles. The van der Waals surface area contributed by atoms with Gasteiger partial charge in [-0.2, -0.15) is 5.26 Å². The van der Waals surface area contributed by atoms with Crippen LogP contribution < -0.4 is 4.90 Å². The molecule has 25 heavy (non-hydrogen) atoms. The van der Waals surface area contributed by atoms with Gasteiger partial charge in [-0.05, 0) is 17.7 Å². The lowest BCUT2D eigenvalue weighted by atomic mass is 10.1. The summed E-state index contributed by atoms with van der Waals surface area (Å²) in [6.45, 7) is 4.87. The third-order valence-corrected chi connectivity index (χ3v) is 4.77. The predicted octanol–water partition coefficient (Wildman–Crippen LogP) is 3.43. The number of rotatable bonds is 3. The van der Waals surface area contributed by atoms with Crippen molar-refractivity contribution in [1.82, 2.24) is 9.88 Å². The number of nitrogens with zero attached hydrogens (tertiary/aromatic N) is 4. The number of piperazine rings is 1. The summed E-state index contributed by atoms with van der Waals surface area (Å²) in [7, 11) is 0. The van der Waals surface area contributed by atoms with Crippen LogP contribution in [-0.2, 0) is 6.54 Å². The van der Waals surface area contributed by atoms with Gasteiger partial charge in [0.15, 0.2) is 0 Å². The maximum atomic E-state index is 9.46. The third-order valence-electron chi connectivity index (χ3n) is 4.77. The summed E-state index contributed by atoms with van der Waals surface area (Å²) in [5.41, 5.74) is 2.95. The van der Waals surface area contributed by atoms with E-state index < -0.39 is 0 Å². The van der Waals surface area contributed by atoms with E-state index >= 15 is 0 Å². The van der Waals surface area contributed by atoms with Crippen LogP contribution in [0.3, 0.4) is 0 Å². The third kappa shape index (κ3) is 3.33. The second kappa shape index (κ2) is 6.92. The molecule has 0 spiro atoms. The average Bonchev–Trinajstić information content (AvgIpc) is 2.68. The summed E-state index contributed by atoms with van der Waals surface area (Å²) in [4.78, 5) is 9.53. The molecule has 0 N–H and O–H groups in total. The standard InChI is InChI=1S/C21H20N4/c22-15-18-14-21(23-20-9-5-4-8-19(18)20)25-12-10-24(11-13-25)16-17-6-2-1-3-7-17/h1-9,14H,10-13,16H2. The molecule has 4 heteroatoms. The molecule has 4 rings (SSSR count). The Morgan fingerprint density at radius 3 is 2.40 bits per heavy atom. The second-order valence-electron chi connectivity index (χ2n) is 6.41. The van der Waals surface area contributed by atoms with Crippen LogP contribution in [-0.4, -0.2) is 36.1 Å². The molecule has 0 radical (unpaired) electrons. The van der Waals surface area contributed by atoms with Crippen molar-refractivity contribution in [3.8, 4) is 6.07 Å². The number of nitriles is 1. The first-order valence-corrected chi connectivity index (χ1v) is 8.64. The minimum atomic E-state index is 0.701. The zero-order valence-corrected chi connectivity index (χ0v) is 14.1. The van der Waals surface area contributed by atoms with Gasteiger partial charge in [0.1, 0.15) is 5.82 Å². The number of anilines is 1. The molecule has 2 heterocycles. The predicted molar refractivity (Wildman–Crippen MR) is 100 cm³/mol. The van der Waals surface area contributed by atoms with Crippen molar-refractivity contribution in [2.75, 3.05) is 31.1 Å². The molecule has 0 amide bonds. The maximum absolute atomic E-state index is 9.46. The molecule has 0 atom stereocenters. The number of benzene rings is 2. The second-order valence-corrected chi connectivity index (χ2v) is 6.41. The van der Waals surface area contributed by atoms with E-state index in [-0.39, 0.29) is 0 Å². The Balaban J connectivity index is 1.49. The lowest BCUT2D eigenvalue weighted by molar-refractivity contribution is 0.249. The summed E-state index contributed by atoms with van der Waals surface area (Å²) >= 11 is 0. The summed E-state index contributed by atoms with van der Waals surface area (Å²) < 4.78 is 0. The highest BCUT2D eigenvalue weighted by Crippen LogP contribution is 2.23. The van der Waals surface area contributed by atoms with E-state index in [4.69, 9.17) is 4.98 Å². The quantitative estimate of drug-likeness (QED) is 0.739. The molecule has 4 nitrogen and oxygen atoms in total. The first-order valence-electron chi connectivity index (χ1n) is 8.64. The van der Waals surface area contributed by atoms with Crippen molar-refractivity contribution in [2.24, 2.45) is 0 Å². The van der Waals surface area contributed by atoms with Crippen molar-refractivity contribution < 1.29 is 0 Å². The lowest BCUT2D eigenvalue weighted by Gasteiger charge is -2.35. The van der Waals surface area contributed by atoms with Crippen LogP contribution in [0.5, 0.6) is 0 Å². The molecule has 0 bridgehead atoms. The zero-order valence-electron chi connectivity index (χ0n) is 14.1. The molecular formula is C21H20N4. The molecule has 0 saturated carbocycles. The van der Waals surface area contributed by atoms with Crippen LogP contribution >= 0.6 is 0 Å². The Morgan fingerprint density at radius 1 is 0.920 bits per heavy atom. The molecule has 1 aliphatic rings. The molecular weight excluding hydrogens is 308 g/mol. The van der Waals surface area contributed by atoms with E-state index in [1.165, 1.54) is 5.56 Å². The van der Waals surface area contributed by atoms with Crippen LogP contribution in [0.2, 0.25) is 0 Å². The topological polar surface area (TPSA) is 43.2 Å². The van der Waals surface area contributed by atoms with E-state index in [2.05, 4.69) is 46.2 Å². The summed E-state index contributed by atoms with van der Waals surface area (Å²) in [6.07, 6.45) is 0. The van der Waals surface area contributed by atoms with Gasteiger partial charge in [0, 0.05) is 38.1 Å². The Bertz CT molecular complexity index is 906. The molecule has 2 aromatic carbocycles. The molecule has 124 valence electrons. The molecule has 1 aromatic heterocycles. The number of hydrogen-bond donors (Lipinski definition) is 0. The maximum Gasteiger partial charge on any atom is 0.130 e. The molecule has 1 aliphatic heterocycles. The number of hydrogen-bond acceptors (Lipinski definition) is 4. The van der Waals surface area contributed by atoms with E-state index in [9.17, 15) is 5.26 Å². The van der Waals surface area contributed by atoms with Gasteiger partial charge >= 0.3 is 0 Å². The van der Waals surface area contributed by atoms with Gasteiger partial charge in [-0.1, -0.05) is 48.5 Å². The van der Waals surface area contributed by atoms with Crippen LogP contribution in [0.4, 0.5) is 5.82 Å². The van der Waals surface area contributed by atoms with E-state index in [0.29, 0.717) is 5.56 Å². The largest absolute Gasteiger partial charge is 0.354 e. The summed E-state index contributed by atoms with van der Waals surface area (Å²) in [6, 6.07) is 22.7. The fraction of sp³-hybridized carbons (Fsp3) is 0.238. The van der Waals surface area contributed by atoms with Crippen LogP contribution in [0.25, 0.3) is 10.9 Å². The van der Waals surface area contributed by atoms with Crippen molar-refractivity contribution in [3.63, 3.8) is 0 Å². The number of para-hydroxylation sites is 1. The monoisotopic (exact) mass is 328 g/mol. The van der Waals surface area contributed by atoms with Gasteiger partial charge < -0.3 is 4.90 Å². The first kappa shape index (κ1) is 15.6. The normalized spacial score (nSPS) is 15.2. The fourth-order valence-electron chi connectivity index (χ4n) is 3.39. The number of fused-ring (bicyclic) bond motifs is 1. The van der Waals surface area contributed by atoms with Gasteiger partial charge in [-0.3, -0.25) is 4.90 Å². The van der Waals surface area contributed by atoms with Gasteiger partial charge in [0.05, 0.1) is 17.1 Å². The molecule has 0 aliphatic carbocycles. The van der Waals surface area contributed by atoms with Crippen molar-refractivity contribution in [1.29, 1.82) is 5.26 Å². The van der Waals surface area contributed by atoms with Crippen LogP contribution in [0.1, 0.15) is 11.1 Å². The Hall–Kier alpha value is -2.90. The highest BCUT2D eigenvalue weighted by molar-refractivity contribution is 5.86. The lowest BCUT2D eigenvalue weighted by Crippen LogP contribution is -2.46. The number of pyridine rings is 1. The minimum Gasteiger partial charge on any atom is -0.354 e. The Labute approximate surface area is 147 Å².